The number of aliphatic hydroxyl groups is 6. The van der Waals surface area contributed by atoms with Crippen LogP contribution >= 0.6 is 0 Å². The van der Waals surface area contributed by atoms with Crippen LogP contribution < -0.4 is 49.4 Å². The van der Waals surface area contributed by atoms with Gasteiger partial charge in [0, 0.05) is 32.7 Å². The lowest BCUT2D eigenvalue weighted by molar-refractivity contribution is -0.313. The summed E-state index contributed by atoms with van der Waals surface area (Å²) < 4.78 is 35.6. The highest BCUT2D eigenvalue weighted by Crippen LogP contribution is 2.34. The number of hydrogen-bond acceptors (Lipinski definition) is 23. The van der Waals surface area contributed by atoms with E-state index < -0.39 is 123 Å². The van der Waals surface area contributed by atoms with Gasteiger partial charge in [0.25, 0.3) is 0 Å². The Balaban J connectivity index is 0.000000216. The second kappa shape index (κ2) is 22.3. The lowest BCUT2D eigenvalue weighted by atomic mass is 9.84. The molecule has 65 heavy (non-hydrogen) atoms. The Labute approximate surface area is 375 Å². The van der Waals surface area contributed by atoms with Gasteiger partial charge in [0.1, 0.15) is 60.9 Å². The number of anilines is 1. The minimum Gasteiger partial charge on any atom is -0.497 e. The normalized spacial score (nSPS) is 36.7. The molecule has 0 radical (unpaired) electrons. The topological polar surface area (TPSA) is 409 Å². The molecule has 2 aromatic heterocycles. The summed E-state index contributed by atoms with van der Waals surface area (Å²) in [5, 5.41) is 64.3. The Morgan fingerprint density at radius 2 is 1.52 bits per heavy atom. The largest absolute Gasteiger partial charge is 0.497 e. The van der Waals surface area contributed by atoms with E-state index in [1.807, 2.05) is 26.2 Å². The number of ether oxygens (including phenoxy) is 6. The molecular weight excluding hydrogens is 857 g/mol. The minimum atomic E-state index is -1.41. The van der Waals surface area contributed by atoms with Crippen LogP contribution in [-0.4, -0.2) is 201 Å². The van der Waals surface area contributed by atoms with Crippen molar-refractivity contribution in [2.75, 3.05) is 45.9 Å². The maximum Gasteiger partial charge on any atom is 0.237 e. The smallest absolute Gasteiger partial charge is 0.237 e. The van der Waals surface area contributed by atoms with Crippen molar-refractivity contribution in [1.29, 1.82) is 0 Å². The van der Waals surface area contributed by atoms with E-state index in [9.17, 15) is 35.4 Å². The van der Waals surface area contributed by atoms with Gasteiger partial charge in [-0.05, 0) is 43.4 Å². The number of methoxy groups -OCH3 is 1. The summed E-state index contributed by atoms with van der Waals surface area (Å²) in [5.41, 5.74) is 37.9. The number of hydrogen-bond donors (Lipinski definition) is 13. The number of carbonyl (C=O) groups excluding carboxylic acids is 1. The monoisotopic (exact) mass is 922 g/mol. The fraction of sp³-hybridized carbons (Fsp3) is 0.700. The van der Waals surface area contributed by atoms with Crippen LogP contribution in [-0.2, 0) is 34.9 Å². The number of aliphatic hydroxyl groups excluding tert-OH is 6. The molecule has 0 unspecified atom stereocenters. The molecule has 19 N–H and O–H groups in total. The lowest BCUT2D eigenvalue weighted by Gasteiger charge is -2.47. The fourth-order valence-electron chi connectivity index (χ4n) is 8.40. The molecule has 0 bridgehead atoms. The fourth-order valence-corrected chi connectivity index (χ4v) is 8.40. The average molecular weight is 923 g/mol. The van der Waals surface area contributed by atoms with Crippen LogP contribution in [0.3, 0.4) is 0 Å². The third-order valence-electron chi connectivity index (χ3n) is 12.2. The van der Waals surface area contributed by atoms with E-state index in [0.29, 0.717) is 48.5 Å². The predicted molar refractivity (Wildman–Crippen MR) is 230 cm³/mol. The van der Waals surface area contributed by atoms with Gasteiger partial charge in [0.15, 0.2) is 35.8 Å². The maximum atomic E-state index is 12.8. The third-order valence-corrected chi connectivity index (χ3v) is 12.2. The first kappa shape index (κ1) is 50.6. The number of nitrogens with zero attached hydrogens (tertiary/aromatic N) is 5. The maximum absolute atomic E-state index is 12.8. The summed E-state index contributed by atoms with van der Waals surface area (Å²) in [6, 6.07) is 2.66. The highest BCUT2D eigenvalue weighted by Gasteiger charge is 2.50. The number of benzene rings is 1. The molecule has 1 aromatic carbocycles. The van der Waals surface area contributed by atoms with Crippen molar-refractivity contribution in [2.45, 2.75) is 136 Å². The van der Waals surface area contributed by atoms with E-state index in [1.54, 1.807) is 28.7 Å². The van der Waals surface area contributed by atoms with Crippen molar-refractivity contribution >= 4 is 22.9 Å². The highest BCUT2D eigenvalue weighted by molar-refractivity contribution is 5.83. The zero-order valence-electron chi connectivity index (χ0n) is 36.5. The van der Waals surface area contributed by atoms with E-state index in [2.05, 4.69) is 20.3 Å². The van der Waals surface area contributed by atoms with E-state index in [0.717, 1.165) is 5.56 Å². The Hall–Kier alpha value is -3.84. The number of rotatable bonds is 14. The van der Waals surface area contributed by atoms with Gasteiger partial charge in [-0.2, -0.15) is 0 Å². The first-order valence-corrected chi connectivity index (χ1v) is 21.5. The van der Waals surface area contributed by atoms with Crippen molar-refractivity contribution in [3.05, 3.63) is 42.5 Å². The SMILES string of the molecule is COc1ccc(C[C@H](N)C(=O)N[C@H]2[C@@H](O)[C@H](n3cnc4c(N(C)C)ncnc43)O[C@@H]2CO)cc1.NC[C@@H]1CC[C@@H](N)[C@@H](O[C@H]2[C@H](O)[C@@H](O[C@H]3O[C@H](CO)[C@@H](O)[C@H](N)[C@H]3O)[C@H](N)C[C@@H]2N)O1. The average Bonchev–Trinajstić information content (AvgIpc) is 3.87. The number of aromatic nitrogens is 4. The number of imidazole rings is 1. The molecule has 1 amide bonds. The van der Waals surface area contributed by atoms with Crippen LogP contribution in [0.1, 0.15) is 31.1 Å². The second-order valence-electron chi connectivity index (χ2n) is 17.0. The summed E-state index contributed by atoms with van der Waals surface area (Å²) in [6.45, 7) is -0.620. The Morgan fingerprint density at radius 3 is 2.14 bits per heavy atom. The number of fused-ring (bicyclic) bond motifs is 1. The minimum absolute atomic E-state index is 0.204. The number of amides is 1. The van der Waals surface area contributed by atoms with Crippen molar-refractivity contribution in [3.8, 4) is 5.75 Å². The molecule has 1 saturated carbocycles. The predicted octanol–water partition coefficient (Wildman–Crippen LogP) is -6.06. The zero-order chi connectivity index (χ0) is 47.3. The van der Waals surface area contributed by atoms with E-state index in [4.69, 9.17) is 62.8 Å². The van der Waals surface area contributed by atoms with Crippen LogP contribution in [0.4, 0.5) is 5.82 Å². The molecule has 3 aliphatic heterocycles. The molecule has 7 rings (SSSR count). The van der Waals surface area contributed by atoms with E-state index in [1.165, 1.54) is 12.7 Å². The van der Waals surface area contributed by atoms with Gasteiger partial charge < -0.3 is 104 Å². The third kappa shape index (κ3) is 11.3. The summed E-state index contributed by atoms with van der Waals surface area (Å²) in [6.07, 6.45) is -7.47. The molecule has 1 aliphatic carbocycles. The summed E-state index contributed by atoms with van der Waals surface area (Å²) in [7, 11) is 5.25. The number of nitrogens with two attached hydrogens (primary N) is 6. The van der Waals surface area contributed by atoms with Crippen LogP contribution in [0.5, 0.6) is 5.75 Å². The first-order valence-electron chi connectivity index (χ1n) is 21.5. The van der Waals surface area contributed by atoms with Crippen LogP contribution in [0.2, 0.25) is 0 Å². The lowest BCUT2D eigenvalue weighted by Crippen LogP contribution is -2.68. The molecule has 4 fully saturated rings. The molecule has 18 atom stereocenters. The van der Waals surface area contributed by atoms with Crippen LogP contribution in [0.25, 0.3) is 11.2 Å². The van der Waals surface area contributed by atoms with Gasteiger partial charge in [0.2, 0.25) is 5.91 Å². The molecule has 3 aromatic rings. The van der Waals surface area contributed by atoms with Gasteiger partial charge in [0.05, 0.1) is 56.9 Å². The Morgan fingerprint density at radius 1 is 0.862 bits per heavy atom. The molecule has 25 nitrogen and oxygen atoms in total. The standard InChI is InChI=1S/C22H29N7O5.C18H37N5O8/c1-28(2)19-17-20(25-10-24-19)29(11-26-17)22-18(31)16(15(9-30)34-22)27-21(32)14(23)8-12-4-6-13(33-3)7-5-12;19-4-6-1-2-7(20)17(28-6)30-15-8(21)3-9(22)16(14(15)27)31-18-13(26)11(23)12(25)10(5-24)29-18/h4-7,10-11,14-16,18,22,30-31H,8-9,23H2,1-3H3,(H,27,32);6-18,24-27H,1-5,19-23H2/t14-,15+,16+,18+,22+;6-,7+,8-,9+,10+,11-,12+,13+,14-,15+,16-,17+,18+/m00/s1. The van der Waals surface area contributed by atoms with Gasteiger partial charge in [-0.3, -0.25) is 9.36 Å². The summed E-state index contributed by atoms with van der Waals surface area (Å²) in [5.74, 6) is 0.861. The van der Waals surface area contributed by atoms with Crippen molar-refractivity contribution in [3.63, 3.8) is 0 Å². The van der Waals surface area contributed by atoms with Gasteiger partial charge in [-0.1, -0.05) is 12.1 Å². The molecule has 3 saturated heterocycles. The zero-order valence-corrected chi connectivity index (χ0v) is 36.5. The Bertz CT molecular complexity index is 1970. The quantitative estimate of drug-likeness (QED) is 0.0715. The van der Waals surface area contributed by atoms with Crippen molar-refractivity contribution in [1.82, 2.24) is 24.8 Å². The van der Waals surface area contributed by atoms with Crippen molar-refractivity contribution < 1.29 is 63.9 Å². The Kier molecular flexibility index (Phi) is 17.4. The summed E-state index contributed by atoms with van der Waals surface area (Å²) in [4.78, 5) is 27.5. The first-order chi connectivity index (χ1) is 31.0. The molecule has 364 valence electrons. The number of nitrogens with one attached hydrogen (secondary N) is 1. The van der Waals surface area contributed by atoms with Gasteiger partial charge in [-0.15, -0.1) is 0 Å². The molecule has 0 spiro atoms. The second-order valence-corrected chi connectivity index (χ2v) is 17.0. The highest BCUT2D eigenvalue weighted by atomic mass is 16.7. The number of carbonyl (C=O) groups is 1. The van der Waals surface area contributed by atoms with Crippen LogP contribution in [0.15, 0.2) is 36.9 Å². The molecule has 5 heterocycles. The van der Waals surface area contributed by atoms with E-state index >= 15 is 0 Å². The van der Waals surface area contributed by atoms with E-state index in [-0.39, 0.29) is 12.5 Å². The van der Waals surface area contributed by atoms with Crippen LogP contribution in [0, 0.1) is 0 Å². The molecular formula is C40H66N12O13. The van der Waals surface area contributed by atoms with Gasteiger partial charge in [-0.25, -0.2) is 15.0 Å². The summed E-state index contributed by atoms with van der Waals surface area (Å²) >= 11 is 0. The molecule has 4 aliphatic rings. The van der Waals surface area contributed by atoms with Crippen molar-refractivity contribution in [2.24, 2.45) is 34.4 Å². The molecule has 25 heteroatoms. The van der Waals surface area contributed by atoms with Gasteiger partial charge >= 0.3 is 0 Å².